The van der Waals surface area contributed by atoms with E-state index < -0.39 is 0 Å². The molecule has 0 unspecified atom stereocenters. The Labute approximate surface area is 109 Å². The maximum Gasteiger partial charge on any atom is 0.134 e. The SMILES string of the molecule is CCOCCCOc1ccc(C)cc1C#CCN. The number of hydrogen-bond donors (Lipinski definition) is 1. The fourth-order valence-corrected chi connectivity index (χ4v) is 1.50. The van der Waals surface area contributed by atoms with Gasteiger partial charge in [0.25, 0.3) is 0 Å². The van der Waals surface area contributed by atoms with Gasteiger partial charge in [-0.25, -0.2) is 0 Å². The van der Waals surface area contributed by atoms with Crippen LogP contribution in [-0.4, -0.2) is 26.4 Å². The highest BCUT2D eigenvalue weighted by Crippen LogP contribution is 2.19. The lowest BCUT2D eigenvalue weighted by atomic mass is 10.1. The van der Waals surface area contributed by atoms with E-state index in [9.17, 15) is 0 Å². The first kappa shape index (κ1) is 14.6. The van der Waals surface area contributed by atoms with Crippen molar-refractivity contribution in [1.82, 2.24) is 0 Å². The summed E-state index contributed by atoms with van der Waals surface area (Å²) in [7, 11) is 0. The largest absolute Gasteiger partial charge is 0.492 e. The molecular weight excluding hydrogens is 226 g/mol. The third-order valence-corrected chi connectivity index (χ3v) is 2.35. The third-order valence-electron chi connectivity index (χ3n) is 2.35. The van der Waals surface area contributed by atoms with Gasteiger partial charge < -0.3 is 15.2 Å². The van der Waals surface area contributed by atoms with E-state index in [2.05, 4.69) is 11.8 Å². The van der Waals surface area contributed by atoms with Gasteiger partial charge >= 0.3 is 0 Å². The molecule has 0 amide bonds. The molecule has 1 rings (SSSR count). The zero-order valence-corrected chi connectivity index (χ0v) is 11.2. The highest BCUT2D eigenvalue weighted by atomic mass is 16.5. The lowest BCUT2D eigenvalue weighted by Gasteiger charge is -2.09. The van der Waals surface area contributed by atoms with E-state index in [4.69, 9.17) is 15.2 Å². The van der Waals surface area contributed by atoms with Crippen LogP contribution >= 0.6 is 0 Å². The van der Waals surface area contributed by atoms with Crippen LogP contribution < -0.4 is 10.5 Å². The van der Waals surface area contributed by atoms with E-state index in [1.54, 1.807) is 0 Å². The summed E-state index contributed by atoms with van der Waals surface area (Å²) in [6.07, 6.45) is 0.880. The van der Waals surface area contributed by atoms with Crippen molar-refractivity contribution in [3.63, 3.8) is 0 Å². The summed E-state index contributed by atoms with van der Waals surface area (Å²) < 4.78 is 11.0. The first-order valence-corrected chi connectivity index (χ1v) is 6.28. The Balaban J connectivity index is 2.58. The Morgan fingerprint density at radius 3 is 2.83 bits per heavy atom. The zero-order valence-electron chi connectivity index (χ0n) is 11.2. The van der Waals surface area contributed by atoms with Gasteiger partial charge in [0.15, 0.2) is 0 Å². The van der Waals surface area contributed by atoms with Gasteiger partial charge in [0, 0.05) is 19.6 Å². The first-order valence-electron chi connectivity index (χ1n) is 6.28. The summed E-state index contributed by atoms with van der Waals surface area (Å²) in [6, 6.07) is 5.99. The van der Waals surface area contributed by atoms with Crippen LogP contribution in [0.5, 0.6) is 5.75 Å². The van der Waals surface area contributed by atoms with Crippen molar-refractivity contribution in [1.29, 1.82) is 0 Å². The Kier molecular flexibility index (Phi) is 6.93. The minimum atomic E-state index is 0.359. The minimum absolute atomic E-state index is 0.359. The average Bonchev–Trinajstić information content (AvgIpc) is 2.38. The molecule has 0 saturated carbocycles. The summed E-state index contributed by atoms with van der Waals surface area (Å²) in [6.45, 7) is 6.50. The second-order valence-electron chi connectivity index (χ2n) is 3.90. The van der Waals surface area contributed by atoms with Crippen molar-refractivity contribution in [2.45, 2.75) is 20.3 Å². The quantitative estimate of drug-likeness (QED) is 0.618. The predicted molar refractivity (Wildman–Crippen MR) is 73.7 cm³/mol. The van der Waals surface area contributed by atoms with E-state index in [1.165, 1.54) is 0 Å². The van der Waals surface area contributed by atoms with Gasteiger partial charge in [0.1, 0.15) is 5.75 Å². The van der Waals surface area contributed by atoms with Crippen LogP contribution in [0.2, 0.25) is 0 Å². The van der Waals surface area contributed by atoms with E-state index in [0.29, 0.717) is 13.2 Å². The molecule has 0 fully saturated rings. The Hall–Kier alpha value is -1.50. The molecule has 1 aromatic carbocycles. The molecule has 0 aromatic heterocycles. The van der Waals surface area contributed by atoms with Gasteiger partial charge in [0.2, 0.25) is 0 Å². The summed E-state index contributed by atoms with van der Waals surface area (Å²) in [5.41, 5.74) is 7.45. The number of benzene rings is 1. The van der Waals surface area contributed by atoms with Crippen LogP contribution in [0.15, 0.2) is 18.2 Å². The fourth-order valence-electron chi connectivity index (χ4n) is 1.50. The highest BCUT2D eigenvalue weighted by molar-refractivity contribution is 5.48. The van der Waals surface area contributed by atoms with E-state index >= 15 is 0 Å². The molecule has 0 saturated heterocycles. The predicted octanol–water partition coefficient (Wildman–Crippen LogP) is 2.11. The second-order valence-corrected chi connectivity index (χ2v) is 3.90. The maximum absolute atomic E-state index is 5.71. The lowest BCUT2D eigenvalue weighted by molar-refractivity contribution is 0.131. The summed E-state index contributed by atoms with van der Waals surface area (Å²) in [5.74, 6) is 6.71. The number of hydrogen-bond acceptors (Lipinski definition) is 3. The number of ether oxygens (including phenoxy) is 2. The average molecular weight is 247 g/mol. The smallest absolute Gasteiger partial charge is 0.134 e. The highest BCUT2D eigenvalue weighted by Gasteiger charge is 2.01. The molecule has 3 nitrogen and oxygen atoms in total. The fraction of sp³-hybridized carbons (Fsp3) is 0.467. The Bertz CT molecular complexity index is 418. The molecule has 0 heterocycles. The van der Waals surface area contributed by atoms with Crippen LogP contribution in [0.3, 0.4) is 0 Å². The molecule has 3 heteroatoms. The second kappa shape index (κ2) is 8.57. The molecule has 0 bridgehead atoms. The molecule has 0 radical (unpaired) electrons. The van der Waals surface area contributed by atoms with Gasteiger partial charge in [-0.05, 0) is 31.5 Å². The third kappa shape index (κ3) is 5.22. The Morgan fingerprint density at radius 2 is 2.11 bits per heavy atom. The Morgan fingerprint density at radius 1 is 1.28 bits per heavy atom. The molecule has 98 valence electrons. The van der Waals surface area contributed by atoms with Crippen molar-refractivity contribution in [2.75, 3.05) is 26.4 Å². The van der Waals surface area contributed by atoms with Crippen LogP contribution in [0.25, 0.3) is 0 Å². The van der Waals surface area contributed by atoms with E-state index in [0.717, 1.165) is 36.5 Å². The molecule has 0 spiro atoms. The summed E-state index contributed by atoms with van der Waals surface area (Å²) in [4.78, 5) is 0. The van der Waals surface area contributed by atoms with Gasteiger partial charge in [0.05, 0.1) is 18.7 Å². The van der Waals surface area contributed by atoms with Crippen LogP contribution in [0.1, 0.15) is 24.5 Å². The minimum Gasteiger partial charge on any atom is -0.492 e. The normalized spacial score (nSPS) is 9.72. The summed E-state index contributed by atoms with van der Waals surface area (Å²) in [5, 5.41) is 0. The molecule has 0 aliphatic carbocycles. The van der Waals surface area contributed by atoms with Crippen molar-refractivity contribution >= 4 is 0 Å². The topological polar surface area (TPSA) is 44.5 Å². The van der Waals surface area contributed by atoms with E-state index in [-0.39, 0.29) is 0 Å². The van der Waals surface area contributed by atoms with Gasteiger partial charge in [-0.3, -0.25) is 0 Å². The maximum atomic E-state index is 5.71. The lowest BCUT2D eigenvalue weighted by Crippen LogP contribution is -2.04. The first-order chi connectivity index (χ1) is 8.77. The standard InChI is InChI=1S/C15H21NO2/c1-3-17-10-5-11-18-15-8-7-13(2)12-14(15)6-4-9-16/h7-8,12H,3,5,9-11,16H2,1-2H3. The number of aryl methyl sites for hydroxylation is 1. The van der Waals surface area contributed by atoms with Gasteiger partial charge in [-0.2, -0.15) is 0 Å². The van der Waals surface area contributed by atoms with Crippen molar-refractivity contribution < 1.29 is 9.47 Å². The molecule has 2 N–H and O–H groups in total. The monoisotopic (exact) mass is 247 g/mol. The molecule has 18 heavy (non-hydrogen) atoms. The van der Waals surface area contributed by atoms with Crippen molar-refractivity contribution in [3.05, 3.63) is 29.3 Å². The summed E-state index contributed by atoms with van der Waals surface area (Å²) >= 11 is 0. The number of rotatable bonds is 6. The van der Waals surface area contributed by atoms with E-state index in [1.807, 2.05) is 32.0 Å². The zero-order chi connectivity index (χ0) is 13.2. The van der Waals surface area contributed by atoms with Crippen LogP contribution in [0.4, 0.5) is 0 Å². The number of nitrogens with two attached hydrogens (primary N) is 1. The van der Waals surface area contributed by atoms with Crippen molar-refractivity contribution in [3.8, 4) is 17.6 Å². The molecule has 0 atom stereocenters. The van der Waals surface area contributed by atoms with Gasteiger partial charge in [-0.15, -0.1) is 0 Å². The van der Waals surface area contributed by atoms with Crippen molar-refractivity contribution in [2.24, 2.45) is 5.73 Å². The van der Waals surface area contributed by atoms with Crippen LogP contribution in [0, 0.1) is 18.8 Å². The van der Waals surface area contributed by atoms with Gasteiger partial charge in [-0.1, -0.05) is 17.9 Å². The molecule has 0 aliphatic heterocycles. The molecule has 0 aliphatic rings. The molecular formula is C15H21NO2. The van der Waals surface area contributed by atoms with Crippen LogP contribution in [-0.2, 0) is 4.74 Å². The molecule has 1 aromatic rings.